The maximum Gasteiger partial charge on any atom is 0.319 e. The second kappa shape index (κ2) is 10.9. The first-order valence-corrected chi connectivity index (χ1v) is 15.4. The quantitative estimate of drug-likeness (QED) is 0.354. The summed E-state index contributed by atoms with van der Waals surface area (Å²) in [6, 6.07) is 14.5. The molecular formula is C30H32FN5O4S. The van der Waals surface area contributed by atoms with E-state index in [1.807, 2.05) is 12.1 Å². The fourth-order valence-corrected chi connectivity index (χ4v) is 7.49. The molecule has 0 spiro atoms. The van der Waals surface area contributed by atoms with Crippen molar-refractivity contribution in [2.75, 3.05) is 36.5 Å². The Balaban J connectivity index is 1.36. The lowest BCUT2D eigenvalue weighted by atomic mass is 10.1. The number of nitrogens with zero attached hydrogens (tertiary/aromatic N) is 3. The van der Waals surface area contributed by atoms with Gasteiger partial charge in [-0.05, 0) is 67.6 Å². The molecule has 1 unspecified atom stereocenters. The van der Waals surface area contributed by atoms with E-state index in [0.29, 0.717) is 73.3 Å². The Morgan fingerprint density at radius 1 is 1.07 bits per heavy atom. The predicted molar refractivity (Wildman–Crippen MR) is 155 cm³/mol. The molecule has 41 heavy (non-hydrogen) atoms. The van der Waals surface area contributed by atoms with E-state index < -0.39 is 25.7 Å². The highest BCUT2D eigenvalue weighted by atomic mass is 32.2. The summed E-state index contributed by atoms with van der Waals surface area (Å²) in [6.45, 7) is 6.14. The van der Waals surface area contributed by atoms with Crippen molar-refractivity contribution < 1.29 is 22.3 Å². The van der Waals surface area contributed by atoms with Crippen LogP contribution in [0.2, 0.25) is 0 Å². The van der Waals surface area contributed by atoms with Gasteiger partial charge in [-0.2, -0.15) is 0 Å². The Kier molecular flexibility index (Phi) is 7.25. The Bertz CT molecular complexity index is 1550. The van der Waals surface area contributed by atoms with Crippen LogP contribution in [-0.4, -0.2) is 56.8 Å². The van der Waals surface area contributed by atoms with Crippen LogP contribution < -0.4 is 15.5 Å². The summed E-state index contributed by atoms with van der Waals surface area (Å²) in [5.74, 6) is 0.601. The van der Waals surface area contributed by atoms with Crippen molar-refractivity contribution in [2.45, 2.75) is 41.7 Å². The monoisotopic (exact) mass is 577 g/mol. The van der Waals surface area contributed by atoms with Crippen LogP contribution in [0.5, 0.6) is 0 Å². The highest BCUT2D eigenvalue weighted by molar-refractivity contribution is 7.93. The SMILES string of the molecule is C=CC(c1ccc(F)cc1)S(=O)(=O)C1(c2cc(N3CCOCC3)nc(-c3ccc(NC(=O)NC4CC4)cc3)n2)CC1. The average molecular weight is 578 g/mol. The van der Waals surface area contributed by atoms with E-state index in [-0.39, 0.29) is 12.1 Å². The van der Waals surface area contributed by atoms with Crippen LogP contribution in [0.3, 0.4) is 0 Å². The fourth-order valence-electron chi connectivity index (χ4n) is 5.17. The molecule has 3 aliphatic rings. The molecule has 3 aromatic rings. The van der Waals surface area contributed by atoms with Crippen LogP contribution in [-0.2, 0) is 19.3 Å². The number of carbonyl (C=O) groups excluding carboxylic acids is 1. The minimum absolute atomic E-state index is 0.244. The van der Waals surface area contributed by atoms with Crippen molar-refractivity contribution in [1.29, 1.82) is 0 Å². The Hall–Kier alpha value is -3.83. The number of hydrogen-bond donors (Lipinski definition) is 2. The summed E-state index contributed by atoms with van der Waals surface area (Å²) >= 11 is 0. The van der Waals surface area contributed by atoms with Crippen LogP contribution >= 0.6 is 0 Å². The molecule has 1 atom stereocenters. The number of amides is 2. The molecule has 214 valence electrons. The van der Waals surface area contributed by atoms with Crippen molar-refractivity contribution in [1.82, 2.24) is 15.3 Å². The average Bonchev–Trinajstić information content (AvgIpc) is 3.91. The molecule has 1 aromatic heterocycles. The summed E-state index contributed by atoms with van der Waals surface area (Å²) in [5, 5.41) is 4.72. The Morgan fingerprint density at radius 3 is 2.37 bits per heavy atom. The van der Waals surface area contributed by atoms with Crippen LogP contribution in [0.25, 0.3) is 11.4 Å². The summed E-state index contributed by atoms with van der Waals surface area (Å²) in [4.78, 5) is 23.9. The molecule has 2 amide bonds. The van der Waals surface area contributed by atoms with Crippen LogP contribution in [0, 0.1) is 5.82 Å². The topological polar surface area (TPSA) is 114 Å². The minimum atomic E-state index is -3.86. The molecule has 1 aliphatic heterocycles. The fraction of sp³-hybridized carbons (Fsp3) is 0.367. The van der Waals surface area contributed by atoms with Gasteiger partial charge in [0.05, 0.1) is 18.9 Å². The molecule has 0 bridgehead atoms. The zero-order valence-electron chi connectivity index (χ0n) is 22.6. The summed E-state index contributed by atoms with van der Waals surface area (Å²) in [6.07, 6.45) is 4.23. The van der Waals surface area contributed by atoms with E-state index in [9.17, 15) is 17.6 Å². The Morgan fingerprint density at radius 2 is 1.76 bits per heavy atom. The van der Waals surface area contributed by atoms with Gasteiger partial charge < -0.3 is 20.3 Å². The number of anilines is 2. The lowest BCUT2D eigenvalue weighted by Gasteiger charge is -2.29. The van der Waals surface area contributed by atoms with Gasteiger partial charge in [0, 0.05) is 36.4 Å². The largest absolute Gasteiger partial charge is 0.378 e. The van der Waals surface area contributed by atoms with Crippen LogP contribution in [0.1, 0.15) is 42.2 Å². The number of morpholine rings is 1. The van der Waals surface area contributed by atoms with Gasteiger partial charge in [0.1, 0.15) is 21.6 Å². The first-order valence-electron chi connectivity index (χ1n) is 13.8. The molecule has 0 radical (unpaired) electrons. The van der Waals surface area contributed by atoms with Crippen molar-refractivity contribution in [3.8, 4) is 11.4 Å². The van der Waals surface area contributed by atoms with Gasteiger partial charge in [0.15, 0.2) is 15.7 Å². The zero-order chi connectivity index (χ0) is 28.6. The summed E-state index contributed by atoms with van der Waals surface area (Å²) in [7, 11) is -3.86. The van der Waals surface area contributed by atoms with Crippen molar-refractivity contribution in [2.24, 2.45) is 0 Å². The van der Waals surface area contributed by atoms with Gasteiger partial charge in [0.2, 0.25) is 0 Å². The molecule has 9 nitrogen and oxygen atoms in total. The molecule has 2 aromatic carbocycles. The molecule has 6 rings (SSSR count). The predicted octanol–water partition coefficient (Wildman–Crippen LogP) is 4.73. The molecule has 3 fully saturated rings. The highest BCUT2D eigenvalue weighted by Crippen LogP contribution is 2.56. The zero-order valence-corrected chi connectivity index (χ0v) is 23.4. The molecule has 2 saturated carbocycles. The van der Waals surface area contributed by atoms with Gasteiger partial charge in [-0.3, -0.25) is 0 Å². The first kappa shape index (κ1) is 27.3. The van der Waals surface area contributed by atoms with E-state index in [0.717, 1.165) is 12.8 Å². The third kappa shape index (κ3) is 5.56. The van der Waals surface area contributed by atoms with Gasteiger partial charge in [-0.1, -0.05) is 18.2 Å². The Labute approximate surface area is 238 Å². The number of ether oxygens (including phenoxy) is 1. The van der Waals surface area contributed by atoms with Gasteiger partial charge in [-0.15, -0.1) is 6.58 Å². The number of nitrogens with one attached hydrogen (secondary N) is 2. The van der Waals surface area contributed by atoms with Gasteiger partial charge >= 0.3 is 6.03 Å². The number of rotatable bonds is 9. The molecule has 2 N–H and O–H groups in total. The third-order valence-corrected chi connectivity index (χ3v) is 10.7. The molecule has 2 heterocycles. The molecule has 1 saturated heterocycles. The lowest BCUT2D eigenvalue weighted by Crippen LogP contribution is -2.37. The van der Waals surface area contributed by atoms with Crippen molar-refractivity contribution in [3.63, 3.8) is 0 Å². The highest BCUT2D eigenvalue weighted by Gasteiger charge is 2.59. The molecule has 2 aliphatic carbocycles. The number of aromatic nitrogens is 2. The normalized spacial score (nSPS) is 18.8. The van der Waals surface area contributed by atoms with E-state index >= 15 is 0 Å². The second-order valence-electron chi connectivity index (χ2n) is 10.7. The number of hydrogen-bond acceptors (Lipinski definition) is 7. The van der Waals surface area contributed by atoms with Crippen LogP contribution in [0.15, 0.2) is 67.3 Å². The standard InChI is InChI=1S/C30H32FN5O4S/c1-2-25(20-3-7-22(31)8-4-20)41(38,39)30(13-14-30)26-19-27(36-15-17-40-18-16-36)35-28(34-26)21-5-9-23(10-6-21)32-29(37)33-24-11-12-24/h2-10,19,24-25H,1,11-18H2,(H2,32,33,37). The number of carbonyl (C=O) groups is 1. The summed E-state index contributed by atoms with van der Waals surface area (Å²) in [5.41, 5.74) is 2.22. The second-order valence-corrected chi connectivity index (χ2v) is 13.1. The minimum Gasteiger partial charge on any atom is -0.378 e. The van der Waals surface area contributed by atoms with Crippen molar-refractivity contribution in [3.05, 3.63) is 84.3 Å². The molecule has 11 heteroatoms. The van der Waals surface area contributed by atoms with E-state index in [1.54, 1.807) is 18.2 Å². The van der Waals surface area contributed by atoms with Gasteiger partial charge in [-0.25, -0.2) is 27.6 Å². The van der Waals surface area contributed by atoms with E-state index in [1.165, 1.54) is 30.3 Å². The van der Waals surface area contributed by atoms with E-state index in [4.69, 9.17) is 14.7 Å². The van der Waals surface area contributed by atoms with Crippen LogP contribution in [0.4, 0.5) is 20.7 Å². The number of halogens is 1. The maximum absolute atomic E-state index is 14.2. The number of urea groups is 1. The summed E-state index contributed by atoms with van der Waals surface area (Å²) < 4.78 is 46.3. The van der Waals surface area contributed by atoms with E-state index in [2.05, 4.69) is 22.1 Å². The van der Waals surface area contributed by atoms with Crippen molar-refractivity contribution >= 4 is 27.4 Å². The maximum atomic E-state index is 14.2. The lowest BCUT2D eigenvalue weighted by molar-refractivity contribution is 0.122. The molecular weight excluding hydrogens is 545 g/mol. The number of benzene rings is 2. The smallest absolute Gasteiger partial charge is 0.319 e. The van der Waals surface area contributed by atoms with Gasteiger partial charge in [0.25, 0.3) is 0 Å². The first-order chi connectivity index (χ1) is 19.8. The number of sulfone groups is 1. The third-order valence-electron chi connectivity index (χ3n) is 7.82.